The van der Waals surface area contributed by atoms with Crippen LogP contribution in [0.1, 0.15) is 59.3 Å². The van der Waals surface area contributed by atoms with Crippen molar-refractivity contribution in [2.75, 3.05) is 0 Å². The number of fused-ring (bicyclic) bond motifs is 3. The highest BCUT2D eigenvalue weighted by molar-refractivity contribution is 5.38. The number of rotatable bonds is 1. The first-order valence-electron chi connectivity index (χ1n) is 8.09. The topological polar surface area (TPSA) is 0 Å². The largest absolute Gasteiger partial charge is 0.0736 e. The molecule has 0 aromatic carbocycles. The van der Waals surface area contributed by atoms with Crippen LogP contribution in [-0.4, -0.2) is 0 Å². The van der Waals surface area contributed by atoms with Crippen LogP contribution >= 0.6 is 0 Å². The van der Waals surface area contributed by atoms with Crippen LogP contribution in [0.15, 0.2) is 23.3 Å². The molecule has 3 rings (SSSR count). The SMILES string of the molecule is CC(C)C1=CC2C(=C1)CCC1CCCCC(C)C12. The highest BCUT2D eigenvalue weighted by atomic mass is 14.4. The van der Waals surface area contributed by atoms with Gasteiger partial charge in [-0.25, -0.2) is 0 Å². The summed E-state index contributed by atoms with van der Waals surface area (Å²) in [7, 11) is 0. The van der Waals surface area contributed by atoms with Crippen LogP contribution in [0.5, 0.6) is 0 Å². The lowest BCUT2D eigenvalue weighted by molar-refractivity contribution is 0.166. The molecule has 0 heterocycles. The van der Waals surface area contributed by atoms with Gasteiger partial charge < -0.3 is 0 Å². The summed E-state index contributed by atoms with van der Waals surface area (Å²) in [5, 5.41) is 0. The molecule has 0 bridgehead atoms. The summed E-state index contributed by atoms with van der Waals surface area (Å²) in [5.74, 6) is 4.45. The van der Waals surface area contributed by atoms with E-state index in [-0.39, 0.29) is 0 Å². The van der Waals surface area contributed by atoms with Crippen LogP contribution in [0, 0.1) is 29.6 Å². The van der Waals surface area contributed by atoms with Crippen molar-refractivity contribution in [1.82, 2.24) is 0 Å². The van der Waals surface area contributed by atoms with Crippen molar-refractivity contribution in [3.05, 3.63) is 23.3 Å². The Morgan fingerprint density at radius 1 is 1.11 bits per heavy atom. The Labute approximate surface area is 113 Å². The van der Waals surface area contributed by atoms with Gasteiger partial charge >= 0.3 is 0 Å². The summed E-state index contributed by atoms with van der Waals surface area (Å²) in [6.45, 7) is 7.20. The lowest BCUT2D eigenvalue weighted by Gasteiger charge is -2.40. The van der Waals surface area contributed by atoms with Crippen LogP contribution in [0.25, 0.3) is 0 Å². The highest BCUT2D eigenvalue weighted by Gasteiger charge is 2.40. The Bertz CT molecular complexity index is 371. The molecule has 0 aromatic rings. The lowest BCUT2D eigenvalue weighted by atomic mass is 9.65. The molecule has 3 aliphatic rings. The quantitative estimate of drug-likeness (QED) is 0.582. The fraction of sp³-hybridized carbons (Fsp3) is 0.778. The zero-order valence-corrected chi connectivity index (χ0v) is 12.3. The molecule has 3 aliphatic carbocycles. The predicted octanol–water partition coefficient (Wildman–Crippen LogP) is 5.36. The molecule has 0 nitrogen and oxygen atoms in total. The average molecular weight is 244 g/mol. The van der Waals surface area contributed by atoms with Gasteiger partial charge in [-0.05, 0) is 42.1 Å². The molecule has 0 radical (unpaired) electrons. The number of hydrogen-bond acceptors (Lipinski definition) is 0. The molecule has 0 aromatic heterocycles. The maximum absolute atomic E-state index is 2.64. The summed E-state index contributed by atoms with van der Waals surface area (Å²) < 4.78 is 0. The van der Waals surface area contributed by atoms with Gasteiger partial charge in [-0.1, -0.05) is 64.2 Å². The molecule has 0 N–H and O–H groups in total. The second-order valence-electron chi connectivity index (χ2n) is 7.20. The first-order chi connectivity index (χ1) is 8.66. The molecule has 4 atom stereocenters. The van der Waals surface area contributed by atoms with E-state index in [1.54, 1.807) is 11.1 Å². The van der Waals surface area contributed by atoms with E-state index < -0.39 is 0 Å². The van der Waals surface area contributed by atoms with Gasteiger partial charge in [-0.2, -0.15) is 0 Å². The number of allylic oxidation sites excluding steroid dienone is 4. The van der Waals surface area contributed by atoms with Crippen LogP contribution in [0.3, 0.4) is 0 Å². The van der Waals surface area contributed by atoms with E-state index >= 15 is 0 Å². The molecule has 0 amide bonds. The molecular weight excluding hydrogens is 216 g/mol. The Kier molecular flexibility index (Phi) is 3.38. The molecule has 100 valence electrons. The zero-order valence-electron chi connectivity index (χ0n) is 12.3. The third-order valence-electron chi connectivity index (χ3n) is 5.72. The lowest BCUT2D eigenvalue weighted by Crippen LogP contribution is -2.31. The van der Waals surface area contributed by atoms with E-state index in [4.69, 9.17) is 0 Å². The van der Waals surface area contributed by atoms with Crippen LogP contribution < -0.4 is 0 Å². The van der Waals surface area contributed by atoms with Crippen molar-refractivity contribution < 1.29 is 0 Å². The van der Waals surface area contributed by atoms with E-state index in [0.29, 0.717) is 5.92 Å². The first-order valence-corrected chi connectivity index (χ1v) is 8.09. The van der Waals surface area contributed by atoms with Gasteiger partial charge in [-0.15, -0.1) is 0 Å². The molecule has 0 spiro atoms. The minimum absolute atomic E-state index is 0.711. The van der Waals surface area contributed by atoms with E-state index in [9.17, 15) is 0 Å². The van der Waals surface area contributed by atoms with E-state index in [2.05, 4.69) is 32.9 Å². The average Bonchev–Trinajstić information content (AvgIpc) is 2.69. The zero-order chi connectivity index (χ0) is 12.7. The molecule has 0 heteroatoms. The molecule has 0 aliphatic heterocycles. The molecule has 18 heavy (non-hydrogen) atoms. The van der Waals surface area contributed by atoms with Gasteiger partial charge in [0.15, 0.2) is 0 Å². The fourth-order valence-corrected chi connectivity index (χ4v) is 4.69. The normalized spacial score (nSPS) is 39.8. The van der Waals surface area contributed by atoms with Gasteiger partial charge in [0, 0.05) is 5.92 Å². The van der Waals surface area contributed by atoms with Gasteiger partial charge in [-0.3, -0.25) is 0 Å². The van der Waals surface area contributed by atoms with E-state index in [0.717, 1.165) is 23.7 Å². The van der Waals surface area contributed by atoms with E-state index in [1.165, 1.54) is 38.5 Å². The highest BCUT2D eigenvalue weighted by Crippen LogP contribution is 2.51. The monoisotopic (exact) mass is 244 g/mol. The van der Waals surface area contributed by atoms with Crippen LogP contribution in [-0.2, 0) is 0 Å². The summed E-state index contributed by atoms with van der Waals surface area (Å²) in [6, 6.07) is 0. The Balaban J connectivity index is 1.89. The second kappa shape index (κ2) is 4.87. The second-order valence-corrected chi connectivity index (χ2v) is 7.20. The van der Waals surface area contributed by atoms with Crippen molar-refractivity contribution in [2.45, 2.75) is 59.3 Å². The smallest absolute Gasteiger partial charge is 0.00193 e. The third kappa shape index (κ3) is 2.08. The maximum atomic E-state index is 2.64. The van der Waals surface area contributed by atoms with Gasteiger partial charge in [0.05, 0.1) is 0 Å². The maximum Gasteiger partial charge on any atom is 0.00193 e. The Hall–Kier alpha value is -0.520. The van der Waals surface area contributed by atoms with Crippen LogP contribution in [0.2, 0.25) is 0 Å². The van der Waals surface area contributed by atoms with Gasteiger partial charge in [0.2, 0.25) is 0 Å². The summed E-state index contributed by atoms with van der Waals surface area (Å²) in [4.78, 5) is 0. The molecular formula is C18H28. The van der Waals surface area contributed by atoms with E-state index in [1.807, 2.05) is 0 Å². The van der Waals surface area contributed by atoms with Crippen LogP contribution in [0.4, 0.5) is 0 Å². The molecule has 0 saturated heterocycles. The van der Waals surface area contributed by atoms with Gasteiger partial charge in [0.25, 0.3) is 0 Å². The minimum atomic E-state index is 0.711. The predicted molar refractivity (Wildman–Crippen MR) is 78.3 cm³/mol. The van der Waals surface area contributed by atoms with Crippen molar-refractivity contribution in [2.24, 2.45) is 29.6 Å². The fourth-order valence-electron chi connectivity index (χ4n) is 4.69. The van der Waals surface area contributed by atoms with Crippen molar-refractivity contribution in [1.29, 1.82) is 0 Å². The first kappa shape index (κ1) is 12.5. The Morgan fingerprint density at radius 2 is 1.89 bits per heavy atom. The molecule has 2 saturated carbocycles. The van der Waals surface area contributed by atoms with Crippen molar-refractivity contribution >= 4 is 0 Å². The van der Waals surface area contributed by atoms with Crippen molar-refractivity contribution in [3.8, 4) is 0 Å². The summed E-state index contributed by atoms with van der Waals surface area (Å²) in [5.41, 5.74) is 3.39. The summed E-state index contributed by atoms with van der Waals surface area (Å²) >= 11 is 0. The van der Waals surface area contributed by atoms with Crippen molar-refractivity contribution in [3.63, 3.8) is 0 Å². The standard InChI is InChI=1S/C18H28/c1-12(2)16-10-15-9-8-14-7-5-4-6-13(3)18(14)17(15)11-16/h10-14,17-18H,4-9H2,1-3H3. The summed E-state index contributed by atoms with van der Waals surface area (Å²) in [6.07, 6.45) is 14.0. The third-order valence-corrected chi connectivity index (χ3v) is 5.72. The Morgan fingerprint density at radius 3 is 2.67 bits per heavy atom. The minimum Gasteiger partial charge on any atom is -0.0736 e. The van der Waals surface area contributed by atoms with Gasteiger partial charge in [0.1, 0.15) is 0 Å². The molecule has 2 fully saturated rings. The molecule has 4 unspecified atom stereocenters. The number of hydrogen-bond donors (Lipinski definition) is 0.